The Morgan fingerprint density at radius 3 is 2.69 bits per heavy atom. The summed E-state index contributed by atoms with van der Waals surface area (Å²) in [4.78, 5) is 4.21. The normalized spacial score (nSPS) is 10.1. The van der Waals surface area contributed by atoms with Crippen LogP contribution in [-0.4, -0.2) is 21.6 Å². The number of hydrogen-bond acceptors (Lipinski definition) is 2. The van der Waals surface area contributed by atoms with Gasteiger partial charge in [0.15, 0.2) is 0 Å². The van der Waals surface area contributed by atoms with E-state index in [0.29, 0.717) is 17.1 Å². The third-order valence-corrected chi connectivity index (χ3v) is 2.49. The number of nitrogens with zero attached hydrogens (tertiary/aromatic N) is 1. The van der Waals surface area contributed by atoms with E-state index in [2.05, 4.69) is 21.6 Å². The molecule has 0 spiro atoms. The van der Waals surface area contributed by atoms with Gasteiger partial charge in [0, 0.05) is 5.56 Å². The first-order valence-corrected chi connectivity index (χ1v) is 5.30. The number of rotatable bonds is 3. The van der Waals surface area contributed by atoms with Gasteiger partial charge in [0.2, 0.25) is 0 Å². The lowest BCUT2D eigenvalue weighted by Crippen LogP contribution is -1.93. The van der Waals surface area contributed by atoms with E-state index >= 15 is 0 Å². The second-order valence-electron chi connectivity index (χ2n) is 3.26. The highest BCUT2D eigenvalue weighted by molar-refractivity contribution is 6.00. The molecular formula is C12H9AlFNO. The SMILES string of the molecule is FCc1cccc(-c2ccccc2[O][Al])n1. The minimum Gasteiger partial charge on any atom is -0.653 e. The number of hydrogen-bond donors (Lipinski definition) is 0. The number of benzene rings is 1. The molecule has 0 fully saturated rings. The summed E-state index contributed by atoms with van der Waals surface area (Å²) in [5, 5.41) is 0. The minimum absolute atomic E-state index is 0.427. The van der Waals surface area contributed by atoms with Gasteiger partial charge in [-0.1, -0.05) is 18.2 Å². The van der Waals surface area contributed by atoms with Crippen LogP contribution < -0.4 is 3.79 Å². The Morgan fingerprint density at radius 2 is 1.94 bits per heavy atom. The Balaban J connectivity index is 2.49. The zero-order valence-corrected chi connectivity index (χ0v) is 9.71. The number of halogens is 1. The van der Waals surface area contributed by atoms with E-state index in [1.165, 1.54) is 0 Å². The maximum absolute atomic E-state index is 12.5. The van der Waals surface area contributed by atoms with Crippen molar-refractivity contribution < 1.29 is 8.18 Å². The Morgan fingerprint density at radius 1 is 1.12 bits per heavy atom. The summed E-state index contributed by atoms with van der Waals surface area (Å²) in [6.45, 7) is -0.558. The van der Waals surface area contributed by atoms with Crippen LogP contribution in [0.2, 0.25) is 0 Å². The van der Waals surface area contributed by atoms with Crippen LogP contribution in [0, 0.1) is 0 Å². The van der Waals surface area contributed by atoms with Crippen LogP contribution in [0.1, 0.15) is 5.69 Å². The van der Waals surface area contributed by atoms with E-state index in [4.69, 9.17) is 3.79 Å². The van der Waals surface area contributed by atoms with Crippen molar-refractivity contribution in [2.45, 2.75) is 6.67 Å². The largest absolute Gasteiger partial charge is 0.653 e. The molecule has 78 valence electrons. The van der Waals surface area contributed by atoms with Crippen LogP contribution in [-0.2, 0) is 6.67 Å². The second kappa shape index (κ2) is 5.11. The molecule has 2 nitrogen and oxygen atoms in total. The predicted molar refractivity (Wildman–Crippen MR) is 60.9 cm³/mol. The molecule has 2 rings (SSSR count). The first-order valence-electron chi connectivity index (χ1n) is 4.83. The summed E-state index contributed by atoms with van der Waals surface area (Å²) in [5.74, 6) is 0.705. The summed E-state index contributed by atoms with van der Waals surface area (Å²) in [6, 6.07) is 12.8. The molecule has 0 bridgehead atoms. The van der Waals surface area contributed by atoms with Gasteiger partial charge in [0.25, 0.3) is 0 Å². The predicted octanol–water partition coefficient (Wildman–Crippen LogP) is 2.68. The zero-order chi connectivity index (χ0) is 11.4. The van der Waals surface area contributed by atoms with Crippen molar-refractivity contribution in [1.29, 1.82) is 0 Å². The molecule has 4 heteroatoms. The van der Waals surface area contributed by atoms with Crippen LogP contribution in [0.5, 0.6) is 5.75 Å². The molecule has 2 radical (unpaired) electrons. The van der Waals surface area contributed by atoms with Crippen molar-refractivity contribution in [3.8, 4) is 17.0 Å². The second-order valence-corrected chi connectivity index (χ2v) is 3.50. The number of aromatic nitrogens is 1. The van der Waals surface area contributed by atoms with Gasteiger partial charge < -0.3 is 3.79 Å². The average molecular weight is 229 g/mol. The standard InChI is InChI=1S/C12H10FNO.Al/c13-8-9-4-3-6-11(14-9)10-5-1-2-7-12(10)15;/h1-7,15H,8H2;/q;+1/p-1. The van der Waals surface area contributed by atoms with Gasteiger partial charge in [-0.15, -0.1) is 0 Å². The quantitative estimate of drug-likeness (QED) is 0.755. The van der Waals surface area contributed by atoms with Gasteiger partial charge in [0.1, 0.15) is 6.67 Å². The lowest BCUT2D eigenvalue weighted by atomic mass is 10.1. The molecule has 0 amide bonds. The highest BCUT2D eigenvalue weighted by atomic mass is 27.1. The molecule has 0 aliphatic rings. The topological polar surface area (TPSA) is 22.1 Å². The molecule has 2 aromatic rings. The van der Waals surface area contributed by atoms with Crippen molar-refractivity contribution in [1.82, 2.24) is 4.98 Å². The van der Waals surface area contributed by atoms with Crippen molar-refractivity contribution in [2.75, 3.05) is 0 Å². The van der Waals surface area contributed by atoms with Crippen molar-refractivity contribution in [3.05, 3.63) is 48.2 Å². The smallest absolute Gasteiger partial charge is 0.482 e. The van der Waals surface area contributed by atoms with Gasteiger partial charge in [-0.2, -0.15) is 0 Å². The molecular weight excluding hydrogens is 220 g/mol. The Labute approximate surface area is 102 Å². The summed E-state index contributed by atoms with van der Waals surface area (Å²) < 4.78 is 17.7. The molecule has 0 aliphatic heterocycles. The molecule has 1 aromatic heterocycles. The minimum atomic E-state index is -0.558. The van der Waals surface area contributed by atoms with Gasteiger partial charge >= 0.3 is 16.6 Å². The van der Waals surface area contributed by atoms with Gasteiger partial charge in [-0.05, 0) is 24.3 Å². The van der Waals surface area contributed by atoms with Crippen LogP contribution >= 0.6 is 0 Å². The summed E-state index contributed by atoms with van der Waals surface area (Å²) >= 11 is 2.20. The molecule has 0 atom stereocenters. The van der Waals surface area contributed by atoms with Crippen LogP contribution in [0.4, 0.5) is 4.39 Å². The van der Waals surface area contributed by atoms with Gasteiger partial charge in [-0.25, -0.2) is 9.37 Å². The molecule has 0 aliphatic carbocycles. The maximum Gasteiger partial charge on any atom is 0.482 e. The average Bonchev–Trinajstić information content (AvgIpc) is 2.38. The van der Waals surface area contributed by atoms with Crippen molar-refractivity contribution >= 4 is 16.6 Å². The van der Waals surface area contributed by atoms with Crippen LogP contribution in [0.15, 0.2) is 42.5 Å². The number of alkyl halides is 1. The summed E-state index contributed by atoms with van der Waals surface area (Å²) in [5.41, 5.74) is 2.00. The van der Waals surface area contributed by atoms with Crippen molar-refractivity contribution in [3.63, 3.8) is 0 Å². The third-order valence-electron chi connectivity index (χ3n) is 2.23. The number of para-hydroxylation sites is 1. The summed E-state index contributed by atoms with van der Waals surface area (Å²) in [7, 11) is 0. The summed E-state index contributed by atoms with van der Waals surface area (Å²) in [6.07, 6.45) is 0. The number of pyridine rings is 1. The zero-order valence-electron chi connectivity index (χ0n) is 8.56. The van der Waals surface area contributed by atoms with Crippen LogP contribution in [0.3, 0.4) is 0 Å². The monoisotopic (exact) mass is 229 g/mol. The van der Waals surface area contributed by atoms with Crippen LogP contribution in [0.25, 0.3) is 11.3 Å². The fraction of sp³-hybridized carbons (Fsp3) is 0.0833. The molecule has 0 saturated heterocycles. The van der Waals surface area contributed by atoms with E-state index in [0.717, 1.165) is 5.56 Å². The van der Waals surface area contributed by atoms with E-state index in [1.54, 1.807) is 12.1 Å². The Hall–Kier alpha value is -1.37. The van der Waals surface area contributed by atoms with Gasteiger partial charge in [0.05, 0.1) is 17.1 Å². The third kappa shape index (κ3) is 2.24. The van der Waals surface area contributed by atoms with Crippen molar-refractivity contribution in [2.24, 2.45) is 0 Å². The highest BCUT2D eigenvalue weighted by Crippen LogP contribution is 2.27. The fourth-order valence-electron chi connectivity index (χ4n) is 1.49. The Kier molecular flexibility index (Phi) is 3.55. The molecule has 0 unspecified atom stereocenters. The lowest BCUT2D eigenvalue weighted by molar-refractivity contribution is 0.476. The first-order chi connectivity index (χ1) is 7.85. The van der Waals surface area contributed by atoms with E-state index < -0.39 is 6.67 Å². The van der Waals surface area contributed by atoms with Gasteiger partial charge in [-0.3, -0.25) is 0 Å². The molecule has 1 aromatic carbocycles. The Bertz CT molecular complexity index is 490. The highest BCUT2D eigenvalue weighted by Gasteiger charge is 2.05. The molecule has 0 N–H and O–H groups in total. The fourth-order valence-corrected chi connectivity index (χ4v) is 1.69. The maximum atomic E-state index is 12.5. The molecule has 1 heterocycles. The lowest BCUT2D eigenvalue weighted by Gasteiger charge is -2.09. The molecule has 0 saturated carbocycles. The first kappa shape index (κ1) is 11.1. The van der Waals surface area contributed by atoms with E-state index in [9.17, 15) is 4.39 Å². The van der Waals surface area contributed by atoms with E-state index in [-0.39, 0.29) is 0 Å². The molecule has 16 heavy (non-hydrogen) atoms. The van der Waals surface area contributed by atoms with E-state index in [1.807, 2.05) is 30.3 Å².